The maximum atomic E-state index is 12.5. The van der Waals surface area contributed by atoms with Gasteiger partial charge in [-0.15, -0.1) is 5.10 Å². The number of ether oxygens (including phenoxy) is 2. The molecule has 1 saturated heterocycles. The fourth-order valence-corrected chi connectivity index (χ4v) is 2.89. The molecule has 0 saturated carbocycles. The van der Waals surface area contributed by atoms with E-state index in [2.05, 4.69) is 10.3 Å². The third-order valence-electron chi connectivity index (χ3n) is 4.66. The van der Waals surface area contributed by atoms with E-state index in [1.165, 1.54) is 4.90 Å². The van der Waals surface area contributed by atoms with Gasteiger partial charge in [0, 0.05) is 33.8 Å². The van der Waals surface area contributed by atoms with Crippen LogP contribution >= 0.6 is 0 Å². The molecule has 0 bridgehead atoms. The summed E-state index contributed by atoms with van der Waals surface area (Å²) in [6.45, 7) is 3.70. The molecule has 1 aliphatic heterocycles. The second-order valence-electron chi connectivity index (χ2n) is 6.77. The van der Waals surface area contributed by atoms with Gasteiger partial charge in [-0.05, 0) is 19.1 Å². The molecule has 1 fully saturated rings. The molecule has 0 spiro atoms. The average Bonchev–Trinajstić information content (AvgIpc) is 3.14. The zero-order valence-corrected chi connectivity index (χ0v) is 16.3. The zero-order valence-electron chi connectivity index (χ0n) is 16.3. The Morgan fingerprint density at radius 3 is 2.68 bits per heavy atom. The van der Waals surface area contributed by atoms with E-state index in [0.717, 1.165) is 0 Å². The first-order chi connectivity index (χ1) is 13.5. The highest BCUT2D eigenvalue weighted by Crippen LogP contribution is 2.22. The molecular weight excluding hydrogens is 362 g/mol. The first-order valence-electron chi connectivity index (χ1n) is 9.16. The number of rotatable bonds is 8. The Kier molecular flexibility index (Phi) is 6.25. The molecule has 1 aromatic heterocycles. The SMILES string of the molecule is COCCN(C)C(=O)c1cn(C2CN(C(=O)C(C)Oc3ccccc3)C2)nn1. The number of carbonyl (C=O) groups is 2. The molecule has 1 atom stereocenters. The standard InChI is InChI=1S/C19H25N5O4/c1-14(28-16-7-5-4-6-8-16)18(25)23-11-15(12-23)24-13-17(20-21-24)19(26)22(2)9-10-27-3/h4-8,13-15H,9-12H2,1-3H3. The number of benzene rings is 1. The number of amides is 2. The maximum Gasteiger partial charge on any atom is 0.275 e. The summed E-state index contributed by atoms with van der Waals surface area (Å²) in [6, 6.07) is 9.27. The van der Waals surface area contributed by atoms with E-state index in [-0.39, 0.29) is 23.6 Å². The van der Waals surface area contributed by atoms with Crippen LogP contribution in [0.5, 0.6) is 5.75 Å². The van der Waals surface area contributed by atoms with E-state index in [1.54, 1.807) is 36.9 Å². The van der Waals surface area contributed by atoms with Crippen molar-refractivity contribution in [1.29, 1.82) is 0 Å². The number of para-hydroxylation sites is 1. The number of carbonyl (C=O) groups excluding carboxylic acids is 2. The molecule has 0 N–H and O–H groups in total. The monoisotopic (exact) mass is 387 g/mol. The largest absolute Gasteiger partial charge is 0.481 e. The van der Waals surface area contributed by atoms with Crippen molar-refractivity contribution in [3.05, 3.63) is 42.2 Å². The number of hydrogen-bond acceptors (Lipinski definition) is 6. The van der Waals surface area contributed by atoms with Crippen molar-refractivity contribution in [2.75, 3.05) is 40.4 Å². The van der Waals surface area contributed by atoms with Crippen molar-refractivity contribution in [3.8, 4) is 5.75 Å². The summed E-state index contributed by atoms with van der Waals surface area (Å²) in [5.74, 6) is 0.383. The van der Waals surface area contributed by atoms with Gasteiger partial charge in [0.2, 0.25) is 0 Å². The molecule has 2 aromatic rings. The first-order valence-corrected chi connectivity index (χ1v) is 9.16. The number of likely N-dealkylation sites (N-methyl/N-ethyl adjacent to an activating group) is 1. The predicted octanol–water partition coefficient (Wildman–Crippen LogP) is 0.847. The number of likely N-dealkylation sites (tertiary alicyclic amines) is 1. The first kappa shape index (κ1) is 19.8. The predicted molar refractivity (Wildman–Crippen MR) is 101 cm³/mol. The fourth-order valence-electron chi connectivity index (χ4n) is 2.89. The lowest BCUT2D eigenvalue weighted by Gasteiger charge is -2.40. The van der Waals surface area contributed by atoms with Crippen molar-refractivity contribution in [2.45, 2.75) is 19.1 Å². The lowest BCUT2D eigenvalue weighted by molar-refractivity contribution is -0.144. The van der Waals surface area contributed by atoms with Gasteiger partial charge in [-0.25, -0.2) is 4.68 Å². The molecule has 1 unspecified atom stereocenters. The van der Waals surface area contributed by atoms with Crippen LogP contribution in [0.3, 0.4) is 0 Å². The summed E-state index contributed by atoms with van der Waals surface area (Å²) in [6.07, 6.45) is 1.06. The van der Waals surface area contributed by atoms with Gasteiger partial charge in [-0.2, -0.15) is 0 Å². The fraction of sp³-hybridized carbons (Fsp3) is 0.474. The normalized spacial score (nSPS) is 15.0. The van der Waals surface area contributed by atoms with Crippen molar-refractivity contribution in [1.82, 2.24) is 24.8 Å². The quantitative estimate of drug-likeness (QED) is 0.667. The lowest BCUT2D eigenvalue weighted by Crippen LogP contribution is -2.54. The van der Waals surface area contributed by atoms with Gasteiger partial charge >= 0.3 is 0 Å². The molecular formula is C19H25N5O4. The summed E-state index contributed by atoms with van der Waals surface area (Å²) < 4.78 is 12.3. The van der Waals surface area contributed by atoms with Gasteiger partial charge in [-0.3, -0.25) is 9.59 Å². The highest BCUT2D eigenvalue weighted by atomic mass is 16.5. The number of hydrogen-bond donors (Lipinski definition) is 0. The van der Waals surface area contributed by atoms with Crippen LogP contribution in [0.15, 0.2) is 36.5 Å². The Labute approximate surface area is 163 Å². The maximum absolute atomic E-state index is 12.5. The van der Waals surface area contributed by atoms with Crippen LogP contribution in [0.4, 0.5) is 0 Å². The molecule has 3 rings (SSSR count). The van der Waals surface area contributed by atoms with E-state index < -0.39 is 6.10 Å². The number of nitrogens with zero attached hydrogens (tertiary/aromatic N) is 5. The van der Waals surface area contributed by atoms with Crippen LogP contribution in [0.2, 0.25) is 0 Å². The second-order valence-corrected chi connectivity index (χ2v) is 6.77. The Balaban J connectivity index is 1.50. The van der Waals surface area contributed by atoms with Crippen LogP contribution in [-0.2, 0) is 9.53 Å². The summed E-state index contributed by atoms with van der Waals surface area (Å²) in [5, 5.41) is 8.01. The summed E-state index contributed by atoms with van der Waals surface area (Å²) in [4.78, 5) is 28.0. The van der Waals surface area contributed by atoms with Crippen LogP contribution < -0.4 is 4.74 Å². The Morgan fingerprint density at radius 2 is 2.00 bits per heavy atom. The molecule has 9 nitrogen and oxygen atoms in total. The minimum Gasteiger partial charge on any atom is -0.481 e. The highest BCUT2D eigenvalue weighted by Gasteiger charge is 2.36. The van der Waals surface area contributed by atoms with Gasteiger partial charge in [0.25, 0.3) is 11.8 Å². The van der Waals surface area contributed by atoms with Gasteiger partial charge in [0.15, 0.2) is 11.8 Å². The van der Waals surface area contributed by atoms with Crippen LogP contribution in [-0.4, -0.2) is 83.1 Å². The Hall–Kier alpha value is -2.94. The molecule has 9 heteroatoms. The highest BCUT2D eigenvalue weighted by molar-refractivity contribution is 5.91. The molecule has 0 radical (unpaired) electrons. The van der Waals surface area contributed by atoms with E-state index in [1.807, 2.05) is 30.3 Å². The molecule has 2 heterocycles. The zero-order chi connectivity index (χ0) is 20.1. The summed E-state index contributed by atoms with van der Waals surface area (Å²) >= 11 is 0. The van der Waals surface area contributed by atoms with Gasteiger partial charge in [-0.1, -0.05) is 23.4 Å². The van der Waals surface area contributed by atoms with E-state index in [4.69, 9.17) is 9.47 Å². The Morgan fingerprint density at radius 1 is 1.29 bits per heavy atom. The minimum atomic E-state index is -0.564. The second kappa shape index (κ2) is 8.83. The third-order valence-corrected chi connectivity index (χ3v) is 4.66. The van der Waals surface area contributed by atoms with Crippen LogP contribution in [0.25, 0.3) is 0 Å². The number of aromatic nitrogens is 3. The molecule has 1 aromatic carbocycles. The van der Waals surface area contributed by atoms with Crippen molar-refractivity contribution in [3.63, 3.8) is 0 Å². The summed E-state index contributed by atoms with van der Waals surface area (Å²) in [7, 11) is 3.28. The average molecular weight is 387 g/mol. The van der Waals surface area contributed by atoms with Crippen molar-refractivity contribution in [2.24, 2.45) is 0 Å². The molecule has 150 valence electrons. The summed E-state index contributed by atoms with van der Waals surface area (Å²) in [5.41, 5.74) is 0.282. The number of methoxy groups -OCH3 is 1. The van der Waals surface area contributed by atoms with Crippen LogP contribution in [0, 0.1) is 0 Å². The molecule has 0 aliphatic carbocycles. The lowest BCUT2D eigenvalue weighted by atomic mass is 10.1. The molecule has 2 amide bonds. The van der Waals surface area contributed by atoms with E-state index in [0.29, 0.717) is 32.0 Å². The van der Waals surface area contributed by atoms with Gasteiger partial charge < -0.3 is 19.3 Å². The minimum absolute atomic E-state index is 0.00575. The van der Waals surface area contributed by atoms with E-state index in [9.17, 15) is 9.59 Å². The van der Waals surface area contributed by atoms with Crippen LogP contribution in [0.1, 0.15) is 23.5 Å². The molecule has 28 heavy (non-hydrogen) atoms. The van der Waals surface area contributed by atoms with Gasteiger partial charge in [0.1, 0.15) is 5.75 Å². The molecule has 1 aliphatic rings. The third kappa shape index (κ3) is 4.48. The van der Waals surface area contributed by atoms with E-state index >= 15 is 0 Å². The smallest absolute Gasteiger partial charge is 0.275 e. The topological polar surface area (TPSA) is 89.8 Å². The van der Waals surface area contributed by atoms with Crippen molar-refractivity contribution < 1.29 is 19.1 Å². The van der Waals surface area contributed by atoms with Crippen molar-refractivity contribution >= 4 is 11.8 Å². The van der Waals surface area contributed by atoms with Gasteiger partial charge in [0.05, 0.1) is 18.8 Å². The Bertz CT molecular complexity index is 804.